The number of carboxylic acid groups (broad SMARTS) is 1. The van der Waals surface area contributed by atoms with Crippen LogP contribution in [0.1, 0.15) is 11.3 Å². The first-order chi connectivity index (χ1) is 10.5. The third-order valence-electron chi connectivity index (χ3n) is 3.39. The van der Waals surface area contributed by atoms with Gasteiger partial charge >= 0.3 is 6.09 Å². The first-order valence-electron chi connectivity index (χ1n) is 6.57. The van der Waals surface area contributed by atoms with E-state index in [0.717, 1.165) is 5.56 Å². The fourth-order valence-corrected chi connectivity index (χ4v) is 2.45. The molecular weight excluding hydrogens is 311 g/mol. The second-order valence-electron chi connectivity index (χ2n) is 4.87. The molecule has 0 aliphatic carbocycles. The Morgan fingerprint density at radius 3 is 3.00 bits per heavy atom. The van der Waals surface area contributed by atoms with E-state index in [1.807, 2.05) is 0 Å². The predicted octanol–water partition coefficient (Wildman–Crippen LogP) is 3.05. The number of halogens is 2. The minimum Gasteiger partial charge on any atom is -0.465 e. The molecule has 1 aliphatic rings. The normalized spacial score (nSPS) is 13.6. The Morgan fingerprint density at radius 1 is 1.45 bits per heavy atom. The fourth-order valence-electron chi connectivity index (χ4n) is 2.24. The lowest BCUT2D eigenvalue weighted by molar-refractivity contribution is 0.139. The van der Waals surface area contributed by atoms with Gasteiger partial charge in [0.05, 0.1) is 22.9 Å². The number of hydrogen-bond acceptors (Lipinski definition) is 4. The number of nitrogens with zero attached hydrogens (tertiary/aromatic N) is 3. The Bertz CT molecular complexity index is 741. The van der Waals surface area contributed by atoms with Crippen molar-refractivity contribution in [2.45, 2.75) is 13.0 Å². The van der Waals surface area contributed by atoms with Crippen molar-refractivity contribution in [1.82, 2.24) is 14.9 Å². The number of amides is 1. The van der Waals surface area contributed by atoms with Gasteiger partial charge in [0.25, 0.3) is 0 Å². The van der Waals surface area contributed by atoms with Gasteiger partial charge < -0.3 is 15.3 Å². The van der Waals surface area contributed by atoms with Crippen LogP contribution in [-0.4, -0.2) is 32.6 Å². The molecule has 1 aromatic heterocycles. The maximum Gasteiger partial charge on any atom is 0.407 e. The summed E-state index contributed by atoms with van der Waals surface area (Å²) in [5.74, 6) is -0.140. The molecule has 2 heterocycles. The molecule has 8 heteroatoms. The van der Waals surface area contributed by atoms with Crippen LogP contribution in [0.15, 0.2) is 24.4 Å². The lowest BCUT2D eigenvalue weighted by Crippen LogP contribution is -2.35. The van der Waals surface area contributed by atoms with Gasteiger partial charge in [0.15, 0.2) is 0 Å². The molecule has 114 valence electrons. The molecule has 0 spiro atoms. The SMILES string of the molecule is O=C(O)N1CCc2cnc(Nc3ccc(F)cc3Cl)nc2C1. The lowest BCUT2D eigenvalue weighted by atomic mass is 10.1. The van der Waals surface area contributed by atoms with Crippen molar-refractivity contribution < 1.29 is 14.3 Å². The van der Waals surface area contributed by atoms with Crippen LogP contribution in [0.25, 0.3) is 0 Å². The summed E-state index contributed by atoms with van der Waals surface area (Å²) in [4.78, 5) is 20.8. The molecule has 0 atom stereocenters. The Labute approximate surface area is 130 Å². The zero-order chi connectivity index (χ0) is 15.7. The van der Waals surface area contributed by atoms with Crippen molar-refractivity contribution in [3.8, 4) is 0 Å². The molecule has 0 fully saturated rings. The maximum atomic E-state index is 13.0. The number of aromatic nitrogens is 2. The van der Waals surface area contributed by atoms with E-state index < -0.39 is 11.9 Å². The van der Waals surface area contributed by atoms with Gasteiger partial charge in [-0.2, -0.15) is 0 Å². The summed E-state index contributed by atoms with van der Waals surface area (Å²) in [5.41, 5.74) is 2.06. The van der Waals surface area contributed by atoms with Crippen LogP contribution >= 0.6 is 11.6 Å². The van der Waals surface area contributed by atoms with Gasteiger partial charge in [-0.15, -0.1) is 0 Å². The van der Waals surface area contributed by atoms with Crippen LogP contribution < -0.4 is 5.32 Å². The summed E-state index contributed by atoms with van der Waals surface area (Å²) >= 11 is 5.94. The summed E-state index contributed by atoms with van der Waals surface area (Å²) < 4.78 is 13.0. The predicted molar refractivity (Wildman–Crippen MR) is 78.9 cm³/mol. The number of nitrogens with one attached hydrogen (secondary N) is 1. The van der Waals surface area contributed by atoms with E-state index in [2.05, 4.69) is 15.3 Å². The van der Waals surface area contributed by atoms with Crippen LogP contribution in [0.3, 0.4) is 0 Å². The van der Waals surface area contributed by atoms with Gasteiger partial charge in [-0.1, -0.05) is 11.6 Å². The van der Waals surface area contributed by atoms with E-state index in [9.17, 15) is 9.18 Å². The molecule has 6 nitrogen and oxygen atoms in total. The standard InChI is InChI=1S/C14H12ClFN4O2/c15-10-5-9(16)1-2-11(10)18-13-17-6-8-3-4-20(14(21)22)7-12(8)19-13/h1-2,5-6H,3-4,7H2,(H,21,22)(H,17,18,19). The monoisotopic (exact) mass is 322 g/mol. The molecule has 2 N–H and O–H groups in total. The van der Waals surface area contributed by atoms with E-state index in [1.54, 1.807) is 6.20 Å². The number of carbonyl (C=O) groups is 1. The van der Waals surface area contributed by atoms with Gasteiger partial charge in [-0.25, -0.2) is 19.2 Å². The zero-order valence-corrected chi connectivity index (χ0v) is 12.1. The molecule has 1 aromatic carbocycles. The third-order valence-corrected chi connectivity index (χ3v) is 3.71. The summed E-state index contributed by atoms with van der Waals surface area (Å²) in [6.07, 6.45) is 1.28. The van der Waals surface area contributed by atoms with Gasteiger partial charge in [-0.05, 0) is 30.2 Å². The molecule has 0 saturated heterocycles. The first-order valence-corrected chi connectivity index (χ1v) is 6.95. The van der Waals surface area contributed by atoms with Crippen molar-refractivity contribution in [2.75, 3.05) is 11.9 Å². The van der Waals surface area contributed by atoms with Crippen LogP contribution in [0.5, 0.6) is 0 Å². The highest BCUT2D eigenvalue weighted by Gasteiger charge is 2.21. The maximum absolute atomic E-state index is 13.0. The van der Waals surface area contributed by atoms with E-state index in [0.29, 0.717) is 30.3 Å². The van der Waals surface area contributed by atoms with Crippen molar-refractivity contribution >= 4 is 29.3 Å². The topological polar surface area (TPSA) is 78.3 Å². The Hall–Kier alpha value is -2.41. The van der Waals surface area contributed by atoms with Gasteiger partial charge in [0.2, 0.25) is 5.95 Å². The molecule has 2 aromatic rings. The number of rotatable bonds is 2. The first kappa shape index (κ1) is 14.5. The molecule has 0 bridgehead atoms. The van der Waals surface area contributed by atoms with Crippen molar-refractivity contribution in [2.24, 2.45) is 0 Å². The van der Waals surface area contributed by atoms with Gasteiger partial charge in [0.1, 0.15) is 5.82 Å². The average Bonchev–Trinajstić information content (AvgIpc) is 2.49. The molecule has 0 radical (unpaired) electrons. The smallest absolute Gasteiger partial charge is 0.407 e. The summed E-state index contributed by atoms with van der Waals surface area (Å²) in [6, 6.07) is 3.96. The second kappa shape index (κ2) is 5.76. The van der Waals surface area contributed by atoms with Crippen LogP contribution in [0.2, 0.25) is 5.02 Å². The lowest BCUT2D eigenvalue weighted by Gasteiger charge is -2.25. The van der Waals surface area contributed by atoms with Crippen molar-refractivity contribution in [3.05, 3.63) is 46.5 Å². The fraction of sp³-hybridized carbons (Fsp3) is 0.214. The molecular formula is C14H12ClFN4O2. The molecule has 0 unspecified atom stereocenters. The van der Waals surface area contributed by atoms with E-state index >= 15 is 0 Å². The Kier molecular flexibility index (Phi) is 3.81. The van der Waals surface area contributed by atoms with Crippen LogP contribution in [-0.2, 0) is 13.0 Å². The van der Waals surface area contributed by atoms with E-state index in [-0.39, 0.29) is 11.6 Å². The molecule has 3 rings (SSSR count). The summed E-state index contributed by atoms with van der Waals surface area (Å²) in [7, 11) is 0. The second-order valence-corrected chi connectivity index (χ2v) is 5.28. The van der Waals surface area contributed by atoms with Gasteiger partial charge in [0, 0.05) is 12.7 Å². The van der Waals surface area contributed by atoms with Crippen molar-refractivity contribution in [3.63, 3.8) is 0 Å². The zero-order valence-electron chi connectivity index (χ0n) is 11.4. The van der Waals surface area contributed by atoms with Gasteiger partial charge in [-0.3, -0.25) is 0 Å². The minimum absolute atomic E-state index is 0.216. The van der Waals surface area contributed by atoms with Crippen molar-refractivity contribution in [1.29, 1.82) is 0 Å². The Morgan fingerprint density at radius 2 is 2.27 bits per heavy atom. The van der Waals surface area contributed by atoms with Crippen LogP contribution in [0.4, 0.5) is 20.8 Å². The summed E-state index contributed by atoms with van der Waals surface area (Å²) in [5, 5.41) is 12.2. The van der Waals surface area contributed by atoms with E-state index in [1.165, 1.54) is 23.1 Å². The highest BCUT2D eigenvalue weighted by atomic mass is 35.5. The highest BCUT2D eigenvalue weighted by Crippen LogP contribution is 2.25. The number of fused-ring (bicyclic) bond motifs is 1. The Balaban J connectivity index is 1.84. The average molecular weight is 323 g/mol. The van der Waals surface area contributed by atoms with E-state index in [4.69, 9.17) is 16.7 Å². The van der Waals surface area contributed by atoms with Crippen LogP contribution in [0, 0.1) is 5.82 Å². The quantitative estimate of drug-likeness (QED) is 0.888. The molecule has 1 aliphatic heterocycles. The highest BCUT2D eigenvalue weighted by molar-refractivity contribution is 6.33. The minimum atomic E-state index is -0.972. The molecule has 0 saturated carbocycles. The largest absolute Gasteiger partial charge is 0.465 e. The molecule has 1 amide bonds. The third kappa shape index (κ3) is 2.94. The summed E-state index contributed by atoms with van der Waals surface area (Å²) in [6.45, 7) is 0.654. The number of anilines is 2. The number of benzene rings is 1. The number of hydrogen-bond donors (Lipinski definition) is 2. The molecule has 22 heavy (non-hydrogen) atoms.